The number of benzene rings is 2. The first-order valence-electron chi connectivity index (χ1n) is 8.29. The molecule has 0 heterocycles. The third-order valence-electron chi connectivity index (χ3n) is 4.11. The number of aliphatic hydroxyl groups is 1. The van der Waals surface area contributed by atoms with E-state index in [1.54, 1.807) is 18.2 Å². The highest BCUT2D eigenvalue weighted by atomic mass is 19.1. The Morgan fingerprint density at radius 2 is 1.96 bits per heavy atom. The average molecular weight is 355 g/mol. The van der Waals surface area contributed by atoms with Crippen molar-refractivity contribution >= 4 is 11.6 Å². The normalized spacial score (nSPS) is 11.8. The zero-order valence-electron chi connectivity index (χ0n) is 14.9. The Balaban J connectivity index is 2.32. The van der Waals surface area contributed by atoms with Crippen LogP contribution < -0.4 is 5.32 Å². The van der Waals surface area contributed by atoms with Crippen LogP contribution in [0.5, 0.6) is 0 Å². The third-order valence-corrected chi connectivity index (χ3v) is 4.11. The number of nitrogens with zero attached hydrogens (tertiary/aromatic N) is 2. The number of amides is 1. The van der Waals surface area contributed by atoms with Crippen molar-refractivity contribution in [2.45, 2.75) is 18.9 Å². The molecule has 1 unspecified atom stereocenters. The van der Waals surface area contributed by atoms with Gasteiger partial charge in [-0.1, -0.05) is 6.07 Å². The van der Waals surface area contributed by atoms with Crippen LogP contribution in [0, 0.1) is 17.1 Å². The molecule has 26 heavy (non-hydrogen) atoms. The predicted octanol–water partition coefficient (Wildman–Crippen LogP) is 2.86. The van der Waals surface area contributed by atoms with Crippen LogP contribution in [0.3, 0.4) is 0 Å². The van der Waals surface area contributed by atoms with E-state index in [1.165, 1.54) is 24.3 Å². The standard InChI is InChI=1S/C20H22FN3O2/c1-24(2)10-9-19(18-8-3-14(12-22)11-15(18)13-25)20(26)23-17-6-4-16(21)5-7-17/h3-8,11,19,25H,9-10,13H2,1-2H3,(H,23,26). The van der Waals surface area contributed by atoms with E-state index in [4.69, 9.17) is 5.26 Å². The van der Waals surface area contributed by atoms with E-state index >= 15 is 0 Å². The van der Waals surface area contributed by atoms with Crippen molar-refractivity contribution in [2.75, 3.05) is 26.0 Å². The van der Waals surface area contributed by atoms with E-state index in [0.717, 1.165) is 0 Å². The lowest BCUT2D eigenvalue weighted by atomic mass is 9.89. The largest absolute Gasteiger partial charge is 0.392 e. The second-order valence-electron chi connectivity index (χ2n) is 6.32. The molecule has 2 rings (SSSR count). The Kier molecular flexibility index (Phi) is 6.84. The van der Waals surface area contributed by atoms with Gasteiger partial charge in [0.1, 0.15) is 5.82 Å². The van der Waals surface area contributed by atoms with Crippen molar-refractivity contribution < 1.29 is 14.3 Å². The molecular formula is C20H22FN3O2. The van der Waals surface area contributed by atoms with Gasteiger partial charge in [0.05, 0.1) is 24.2 Å². The highest BCUT2D eigenvalue weighted by Crippen LogP contribution is 2.27. The molecule has 0 aliphatic heterocycles. The molecule has 5 nitrogen and oxygen atoms in total. The van der Waals surface area contributed by atoms with Crippen molar-refractivity contribution in [2.24, 2.45) is 0 Å². The highest BCUT2D eigenvalue weighted by Gasteiger charge is 2.23. The van der Waals surface area contributed by atoms with E-state index in [1.807, 2.05) is 25.1 Å². The lowest BCUT2D eigenvalue weighted by Crippen LogP contribution is -2.26. The van der Waals surface area contributed by atoms with Gasteiger partial charge in [0.2, 0.25) is 5.91 Å². The number of carbonyl (C=O) groups is 1. The molecule has 2 aromatic carbocycles. The van der Waals surface area contributed by atoms with E-state index in [2.05, 4.69) is 5.32 Å². The number of carbonyl (C=O) groups excluding carboxylic acids is 1. The van der Waals surface area contributed by atoms with E-state index in [-0.39, 0.29) is 18.3 Å². The predicted molar refractivity (Wildman–Crippen MR) is 98.0 cm³/mol. The zero-order chi connectivity index (χ0) is 19.1. The fourth-order valence-electron chi connectivity index (χ4n) is 2.73. The van der Waals surface area contributed by atoms with E-state index in [0.29, 0.717) is 35.3 Å². The van der Waals surface area contributed by atoms with Crippen molar-refractivity contribution in [1.29, 1.82) is 5.26 Å². The summed E-state index contributed by atoms with van der Waals surface area (Å²) in [5.41, 5.74) is 2.18. The zero-order valence-corrected chi connectivity index (χ0v) is 14.9. The van der Waals surface area contributed by atoms with Gasteiger partial charge in [0, 0.05) is 5.69 Å². The summed E-state index contributed by atoms with van der Waals surface area (Å²) >= 11 is 0. The summed E-state index contributed by atoms with van der Waals surface area (Å²) in [6.07, 6.45) is 0.541. The van der Waals surface area contributed by atoms with Crippen molar-refractivity contribution in [3.05, 3.63) is 65.0 Å². The third kappa shape index (κ3) is 5.12. The van der Waals surface area contributed by atoms with Gasteiger partial charge in [0.15, 0.2) is 0 Å². The Hall–Kier alpha value is -2.75. The summed E-state index contributed by atoms with van der Waals surface area (Å²) in [6, 6.07) is 12.6. The first kappa shape index (κ1) is 19.6. The first-order valence-corrected chi connectivity index (χ1v) is 8.29. The minimum absolute atomic E-state index is 0.238. The van der Waals surface area contributed by atoms with Crippen LogP contribution in [0.2, 0.25) is 0 Å². The van der Waals surface area contributed by atoms with Crippen molar-refractivity contribution in [3.8, 4) is 6.07 Å². The van der Waals surface area contributed by atoms with Crippen molar-refractivity contribution in [1.82, 2.24) is 4.90 Å². The average Bonchev–Trinajstić information content (AvgIpc) is 2.63. The van der Waals surface area contributed by atoms with Crippen LogP contribution in [-0.2, 0) is 11.4 Å². The van der Waals surface area contributed by atoms with Crippen LogP contribution in [0.25, 0.3) is 0 Å². The van der Waals surface area contributed by atoms with Gasteiger partial charge in [-0.05, 0) is 74.6 Å². The molecule has 2 aromatic rings. The van der Waals surface area contributed by atoms with Crippen molar-refractivity contribution in [3.63, 3.8) is 0 Å². The maximum Gasteiger partial charge on any atom is 0.231 e. The van der Waals surface area contributed by atoms with Crippen LogP contribution in [-0.4, -0.2) is 36.6 Å². The summed E-state index contributed by atoms with van der Waals surface area (Å²) in [7, 11) is 3.83. The second-order valence-corrected chi connectivity index (χ2v) is 6.32. The fourth-order valence-corrected chi connectivity index (χ4v) is 2.73. The molecule has 0 aliphatic carbocycles. The molecule has 2 N–H and O–H groups in total. The molecule has 0 fully saturated rings. The van der Waals surface area contributed by atoms with Gasteiger partial charge < -0.3 is 15.3 Å². The molecule has 0 saturated heterocycles. The highest BCUT2D eigenvalue weighted by molar-refractivity contribution is 5.96. The van der Waals surface area contributed by atoms with Gasteiger partial charge >= 0.3 is 0 Å². The monoisotopic (exact) mass is 355 g/mol. The van der Waals surface area contributed by atoms with Crippen LogP contribution in [0.4, 0.5) is 10.1 Å². The Bertz CT molecular complexity index is 798. The van der Waals surface area contributed by atoms with Gasteiger partial charge in [-0.3, -0.25) is 4.79 Å². The maximum atomic E-state index is 13.1. The lowest BCUT2D eigenvalue weighted by Gasteiger charge is -2.21. The molecule has 0 bridgehead atoms. The molecule has 6 heteroatoms. The van der Waals surface area contributed by atoms with Crippen LogP contribution in [0.15, 0.2) is 42.5 Å². The number of hydrogen-bond donors (Lipinski definition) is 2. The number of rotatable bonds is 7. The fraction of sp³-hybridized carbons (Fsp3) is 0.300. The summed E-state index contributed by atoms with van der Waals surface area (Å²) in [4.78, 5) is 14.8. The number of anilines is 1. The van der Waals surface area contributed by atoms with Gasteiger partial charge in [0.25, 0.3) is 0 Å². The summed E-state index contributed by atoms with van der Waals surface area (Å²) in [5, 5.41) is 21.5. The van der Waals surface area contributed by atoms with Crippen LogP contribution in [0.1, 0.15) is 29.0 Å². The molecule has 1 amide bonds. The molecule has 0 aliphatic rings. The number of hydrogen-bond acceptors (Lipinski definition) is 4. The maximum absolute atomic E-state index is 13.1. The summed E-state index contributed by atoms with van der Waals surface area (Å²) < 4.78 is 13.1. The Morgan fingerprint density at radius 3 is 2.54 bits per heavy atom. The molecule has 0 aromatic heterocycles. The number of halogens is 1. The topological polar surface area (TPSA) is 76.4 Å². The Labute approximate surface area is 152 Å². The van der Waals surface area contributed by atoms with E-state index in [9.17, 15) is 14.3 Å². The van der Waals surface area contributed by atoms with Gasteiger partial charge in [-0.25, -0.2) is 4.39 Å². The molecule has 136 valence electrons. The molecular weight excluding hydrogens is 333 g/mol. The molecule has 0 saturated carbocycles. The first-order chi connectivity index (χ1) is 12.4. The molecule has 1 atom stereocenters. The summed E-state index contributed by atoms with van der Waals surface area (Å²) in [5.74, 6) is -1.11. The molecule has 0 spiro atoms. The van der Waals surface area contributed by atoms with Gasteiger partial charge in [-0.15, -0.1) is 0 Å². The molecule has 0 radical (unpaired) electrons. The number of nitriles is 1. The number of nitrogens with one attached hydrogen (secondary N) is 1. The minimum Gasteiger partial charge on any atom is -0.392 e. The van der Waals surface area contributed by atoms with E-state index < -0.39 is 5.92 Å². The van der Waals surface area contributed by atoms with Crippen LogP contribution >= 0.6 is 0 Å². The Morgan fingerprint density at radius 1 is 1.27 bits per heavy atom. The smallest absolute Gasteiger partial charge is 0.231 e. The minimum atomic E-state index is -0.502. The SMILES string of the molecule is CN(C)CCC(C(=O)Nc1ccc(F)cc1)c1ccc(C#N)cc1CO. The number of aliphatic hydroxyl groups excluding tert-OH is 1. The lowest BCUT2D eigenvalue weighted by molar-refractivity contribution is -0.117. The summed E-state index contributed by atoms with van der Waals surface area (Å²) in [6.45, 7) is 0.416. The van der Waals surface area contributed by atoms with Gasteiger partial charge in [-0.2, -0.15) is 5.26 Å². The quantitative estimate of drug-likeness (QED) is 0.801. The second kappa shape index (κ2) is 9.09.